The molecule has 0 aliphatic carbocycles. The van der Waals surface area contributed by atoms with Gasteiger partial charge in [0.05, 0.1) is 12.6 Å². The Hall–Kier alpha value is -1.13. The van der Waals surface area contributed by atoms with E-state index in [1.54, 1.807) is 6.20 Å². The van der Waals surface area contributed by atoms with Gasteiger partial charge in [0.2, 0.25) is 0 Å². The van der Waals surface area contributed by atoms with Gasteiger partial charge in [0, 0.05) is 25.1 Å². The van der Waals surface area contributed by atoms with Crippen LogP contribution in [0.25, 0.3) is 11.2 Å². The Labute approximate surface area is 111 Å². The molecular weight excluding hydrogens is 250 g/mol. The predicted molar refractivity (Wildman–Crippen MR) is 70.9 cm³/mol. The van der Waals surface area contributed by atoms with Crippen molar-refractivity contribution in [3.63, 3.8) is 0 Å². The SMILES string of the molecule is ClCCc1nc2cccnc2n1CC1CCCO1. The van der Waals surface area contributed by atoms with E-state index in [4.69, 9.17) is 16.3 Å². The first-order chi connectivity index (χ1) is 8.88. The summed E-state index contributed by atoms with van der Waals surface area (Å²) in [6.45, 7) is 1.70. The Balaban J connectivity index is 1.97. The maximum atomic E-state index is 5.85. The summed E-state index contributed by atoms with van der Waals surface area (Å²) in [7, 11) is 0. The van der Waals surface area contributed by atoms with Crippen LogP contribution in [0.1, 0.15) is 18.7 Å². The van der Waals surface area contributed by atoms with Gasteiger partial charge in [0.1, 0.15) is 11.3 Å². The number of aryl methyl sites for hydroxylation is 1. The predicted octanol–water partition coefficient (Wildman–Crippen LogP) is 2.39. The van der Waals surface area contributed by atoms with Gasteiger partial charge < -0.3 is 9.30 Å². The van der Waals surface area contributed by atoms with Crippen molar-refractivity contribution in [2.24, 2.45) is 0 Å². The summed E-state index contributed by atoms with van der Waals surface area (Å²) in [6, 6.07) is 3.91. The Bertz CT molecular complexity index is 534. The van der Waals surface area contributed by atoms with Crippen LogP contribution in [0.3, 0.4) is 0 Å². The van der Waals surface area contributed by atoms with Gasteiger partial charge in [-0.15, -0.1) is 11.6 Å². The third-order valence-electron chi connectivity index (χ3n) is 3.31. The topological polar surface area (TPSA) is 39.9 Å². The van der Waals surface area contributed by atoms with Gasteiger partial charge in [-0.25, -0.2) is 9.97 Å². The lowest BCUT2D eigenvalue weighted by atomic mass is 10.2. The maximum absolute atomic E-state index is 5.85. The molecule has 4 nitrogen and oxygen atoms in total. The standard InChI is InChI=1S/C13H16ClN3O/c14-6-5-12-16-11-4-1-7-15-13(11)17(12)9-10-3-2-8-18-10/h1,4,7,10H,2-3,5-6,8-9H2. The van der Waals surface area contributed by atoms with Gasteiger partial charge >= 0.3 is 0 Å². The second-order valence-corrected chi connectivity index (χ2v) is 4.94. The van der Waals surface area contributed by atoms with Crippen molar-refractivity contribution in [2.75, 3.05) is 12.5 Å². The highest BCUT2D eigenvalue weighted by Gasteiger charge is 2.19. The van der Waals surface area contributed by atoms with Gasteiger partial charge in [-0.1, -0.05) is 0 Å². The van der Waals surface area contributed by atoms with Crippen LogP contribution >= 0.6 is 11.6 Å². The van der Waals surface area contributed by atoms with Crippen molar-refractivity contribution < 1.29 is 4.74 Å². The number of halogens is 1. The van der Waals surface area contributed by atoms with E-state index in [0.717, 1.165) is 49.4 Å². The molecule has 0 N–H and O–H groups in total. The number of alkyl halides is 1. The molecule has 0 amide bonds. The third kappa shape index (κ3) is 2.22. The van der Waals surface area contributed by atoms with E-state index in [1.807, 2.05) is 12.1 Å². The molecule has 1 aliphatic heterocycles. The van der Waals surface area contributed by atoms with Crippen molar-refractivity contribution in [3.05, 3.63) is 24.2 Å². The Morgan fingerprint density at radius 3 is 3.22 bits per heavy atom. The number of hydrogen-bond acceptors (Lipinski definition) is 3. The normalized spacial score (nSPS) is 19.7. The first kappa shape index (κ1) is 11.9. The summed E-state index contributed by atoms with van der Waals surface area (Å²) in [4.78, 5) is 9.03. The Kier molecular flexibility index (Phi) is 3.48. The van der Waals surface area contributed by atoms with Crippen LogP contribution in [0.15, 0.2) is 18.3 Å². The minimum absolute atomic E-state index is 0.290. The van der Waals surface area contributed by atoms with E-state index >= 15 is 0 Å². The van der Waals surface area contributed by atoms with Gasteiger partial charge in [-0.3, -0.25) is 0 Å². The number of rotatable bonds is 4. The van der Waals surface area contributed by atoms with E-state index in [1.165, 1.54) is 0 Å². The van der Waals surface area contributed by atoms with Crippen molar-refractivity contribution >= 4 is 22.8 Å². The molecular formula is C13H16ClN3O. The number of nitrogens with zero attached hydrogens (tertiary/aromatic N) is 3. The molecule has 18 heavy (non-hydrogen) atoms. The zero-order chi connectivity index (χ0) is 12.4. The third-order valence-corrected chi connectivity index (χ3v) is 3.50. The molecule has 3 heterocycles. The molecule has 1 unspecified atom stereocenters. The lowest BCUT2D eigenvalue weighted by Gasteiger charge is -2.13. The highest BCUT2D eigenvalue weighted by molar-refractivity contribution is 6.17. The molecule has 2 aromatic heterocycles. The lowest BCUT2D eigenvalue weighted by Crippen LogP contribution is -2.17. The van der Waals surface area contributed by atoms with Crippen LogP contribution in [-0.4, -0.2) is 33.1 Å². The first-order valence-corrected chi connectivity index (χ1v) is 6.89. The van der Waals surface area contributed by atoms with E-state index in [9.17, 15) is 0 Å². The summed E-state index contributed by atoms with van der Waals surface area (Å²) < 4.78 is 7.86. The molecule has 0 saturated carbocycles. The molecule has 96 valence electrons. The van der Waals surface area contributed by atoms with Crippen LogP contribution in [0.4, 0.5) is 0 Å². The molecule has 1 fully saturated rings. The first-order valence-electron chi connectivity index (χ1n) is 6.36. The summed E-state index contributed by atoms with van der Waals surface area (Å²) in [5.41, 5.74) is 1.88. The Morgan fingerprint density at radius 1 is 1.50 bits per heavy atom. The molecule has 0 spiro atoms. The molecule has 2 aromatic rings. The average Bonchev–Trinajstić information content (AvgIpc) is 3.00. The largest absolute Gasteiger partial charge is 0.376 e. The number of aromatic nitrogens is 3. The minimum Gasteiger partial charge on any atom is -0.376 e. The highest BCUT2D eigenvalue weighted by atomic mass is 35.5. The van der Waals surface area contributed by atoms with Crippen molar-refractivity contribution in [1.29, 1.82) is 0 Å². The highest BCUT2D eigenvalue weighted by Crippen LogP contribution is 2.19. The van der Waals surface area contributed by atoms with Crippen molar-refractivity contribution in [3.8, 4) is 0 Å². The zero-order valence-corrected chi connectivity index (χ0v) is 10.9. The van der Waals surface area contributed by atoms with Crippen LogP contribution < -0.4 is 0 Å². The second-order valence-electron chi connectivity index (χ2n) is 4.56. The van der Waals surface area contributed by atoms with Crippen molar-refractivity contribution in [2.45, 2.75) is 31.9 Å². The Morgan fingerprint density at radius 2 is 2.44 bits per heavy atom. The fourth-order valence-corrected chi connectivity index (χ4v) is 2.63. The summed E-state index contributed by atoms with van der Waals surface area (Å²) in [5.74, 6) is 1.59. The van der Waals surface area contributed by atoms with Gasteiger partial charge in [0.15, 0.2) is 5.65 Å². The lowest BCUT2D eigenvalue weighted by molar-refractivity contribution is 0.0971. The average molecular weight is 266 g/mol. The molecule has 3 rings (SSSR count). The van der Waals surface area contributed by atoms with Crippen LogP contribution in [0, 0.1) is 0 Å². The molecule has 0 radical (unpaired) electrons. The fraction of sp³-hybridized carbons (Fsp3) is 0.538. The van der Waals surface area contributed by atoms with E-state index < -0.39 is 0 Å². The molecule has 0 bridgehead atoms. The minimum atomic E-state index is 0.290. The zero-order valence-electron chi connectivity index (χ0n) is 10.2. The summed E-state index contributed by atoms with van der Waals surface area (Å²) >= 11 is 5.85. The summed E-state index contributed by atoms with van der Waals surface area (Å²) in [6.07, 6.45) is 5.13. The number of imidazole rings is 1. The molecule has 1 aliphatic rings. The van der Waals surface area contributed by atoms with E-state index in [2.05, 4.69) is 14.5 Å². The van der Waals surface area contributed by atoms with Gasteiger partial charge in [-0.05, 0) is 25.0 Å². The fourth-order valence-electron chi connectivity index (χ4n) is 2.46. The molecule has 5 heteroatoms. The second kappa shape index (κ2) is 5.24. The van der Waals surface area contributed by atoms with Crippen LogP contribution in [-0.2, 0) is 17.7 Å². The van der Waals surface area contributed by atoms with Gasteiger partial charge in [0.25, 0.3) is 0 Å². The van der Waals surface area contributed by atoms with Crippen LogP contribution in [0.2, 0.25) is 0 Å². The molecule has 0 aromatic carbocycles. The summed E-state index contributed by atoms with van der Waals surface area (Å²) in [5, 5.41) is 0. The van der Waals surface area contributed by atoms with Gasteiger partial charge in [-0.2, -0.15) is 0 Å². The van der Waals surface area contributed by atoms with Crippen molar-refractivity contribution in [1.82, 2.24) is 14.5 Å². The maximum Gasteiger partial charge on any atom is 0.160 e. The molecule has 1 saturated heterocycles. The quantitative estimate of drug-likeness (QED) is 0.797. The van der Waals surface area contributed by atoms with Crippen LogP contribution in [0.5, 0.6) is 0 Å². The molecule has 1 atom stereocenters. The smallest absolute Gasteiger partial charge is 0.160 e. The van der Waals surface area contributed by atoms with E-state index in [-0.39, 0.29) is 0 Å². The van der Waals surface area contributed by atoms with E-state index in [0.29, 0.717) is 12.0 Å². The number of hydrogen-bond donors (Lipinski definition) is 0. The number of fused-ring (bicyclic) bond motifs is 1. The monoisotopic (exact) mass is 265 g/mol. The number of ether oxygens (including phenoxy) is 1. The number of pyridine rings is 1.